The van der Waals surface area contributed by atoms with Crippen LogP contribution >= 0.6 is 35.0 Å². The van der Waals surface area contributed by atoms with Gasteiger partial charge in [0.25, 0.3) is 0 Å². The number of nitrogens with two attached hydrogens (primary N) is 1. The van der Waals surface area contributed by atoms with Gasteiger partial charge in [-0.25, -0.2) is 4.98 Å². The van der Waals surface area contributed by atoms with Gasteiger partial charge in [-0.15, -0.1) is 0 Å². The fourth-order valence-corrected chi connectivity index (χ4v) is 2.80. The summed E-state index contributed by atoms with van der Waals surface area (Å²) in [6, 6.07) is 3.06. The van der Waals surface area contributed by atoms with E-state index in [1.54, 1.807) is 19.3 Å². The van der Waals surface area contributed by atoms with Crippen LogP contribution in [0.4, 0.5) is 11.4 Å². The number of thioether (sulfide) groups is 1. The number of hydrogen-bond acceptors (Lipinski definition) is 4. The van der Waals surface area contributed by atoms with Gasteiger partial charge in [-0.05, 0) is 19.1 Å². The van der Waals surface area contributed by atoms with E-state index in [1.165, 1.54) is 23.9 Å². The summed E-state index contributed by atoms with van der Waals surface area (Å²) in [6.45, 7) is 1.77. The number of benzene rings is 1. The smallest absolute Gasteiger partial charge is 0.237 e. The molecule has 106 valence electrons. The van der Waals surface area contributed by atoms with Crippen LogP contribution in [0.3, 0.4) is 0 Å². The zero-order valence-electron chi connectivity index (χ0n) is 10.5. The second-order valence-corrected chi connectivity index (χ2v) is 6.17. The molecule has 4 N–H and O–H groups in total. The van der Waals surface area contributed by atoms with Crippen LogP contribution in [0, 0.1) is 0 Å². The van der Waals surface area contributed by atoms with Gasteiger partial charge in [-0.3, -0.25) is 4.79 Å². The van der Waals surface area contributed by atoms with Gasteiger partial charge < -0.3 is 16.0 Å². The predicted molar refractivity (Wildman–Crippen MR) is 83.4 cm³/mol. The summed E-state index contributed by atoms with van der Waals surface area (Å²) in [4.78, 5) is 19.1. The minimum Gasteiger partial charge on any atom is -0.397 e. The SMILES string of the molecule is CC(Sc1ncc[nH]1)C(=O)Nc1c(N)cc(Cl)cc1Cl. The Hall–Kier alpha value is -1.37. The van der Waals surface area contributed by atoms with Crippen molar-refractivity contribution in [3.05, 3.63) is 34.6 Å². The second-order valence-electron chi connectivity index (χ2n) is 4.00. The summed E-state index contributed by atoms with van der Waals surface area (Å²) in [5, 5.41) is 3.74. The molecule has 1 unspecified atom stereocenters. The number of amides is 1. The van der Waals surface area contributed by atoms with Crippen molar-refractivity contribution in [3.63, 3.8) is 0 Å². The van der Waals surface area contributed by atoms with Crippen molar-refractivity contribution in [3.8, 4) is 0 Å². The van der Waals surface area contributed by atoms with E-state index in [9.17, 15) is 4.79 Å². The van der Waals surface area contributed by atoms with Crippen LogP contribution in [0.15, 0.2) is 29.7 Å². The lowest BCUT2D eigenvalue weighted by atomic mass is 10.2. The Morgan fingerprint density at radius 1 is 1.50 bits per heavy atom. The van der Waals surface area contributed by atoms with E-state index < -0.39 is 0 Å². The molecule has 0 radical (unpaired) electrons. The highest BCUT2D eigenvalue weighted by atomic mass is 35.5. The number of anilines is 2. The average molecular weight is 331 g/mol. The van der Waals surface area contributed by atoms with Crippen molar-refractivity contribution in [2.45, 2.75) is 17.3 Å². The lowest BCUT2D eigenvalue weighted by Crippen LogP contribution is -2.23. The molecule has 8 heteroatoms. The number of imidazole rings is 1. The van der Waals surface area contributed by atoms with Gasteiger partial charge in [0.15, 0.2) is 5.16 Å². The molecule has 0 bridgehead atoms. The van der Waals surface area contributed by atoms with E-state index in [4.69, 9.17) is 28.9 Å². The zero-order chi connectivity index (χ0) is 14.7. The zero-order valence-corrected chi connectivity index (χ0v) is 12.8. The molecule has 5 nitrogen and oxygen atoms in total. The van der Waals surface area contributed by atoms with Crippen LogP contribution in [0.25, 0.3) is 0 Å². The van der Waals surface area contributed by atoms with E-state index in [-0.39, 0.29) is 11.2 Å². The van der Waals surface area contributed by atoms with E-state index >= 15 is 0 Å². The molecule has 0 fully saturated rings. The van der Waals surface area contributed by atoms with E-state index in [0.717, 1.165) is 0 Å². The molecule has 2 aromatic rings. The lowest BCUT2D eigenvalue weighted by molar-refractivity contribution is -0.115. The monoisotopic (exact) mass is 330 g/mol. The van der Waals surface area contributed by atoms with Crippen molar-refractivity contribution in [1.82, 2.24) is 9.97 Å². The van der Waals surface area contributed by atoms with Gasteiger partial charge in [0, 0.05) is 17.4 Å². The van der Waals surface area contributed by atoms with Crippen molar-refractivity contribution in [2.75, 3.05) is 11.1 Å². The highest BCUT2D eigenvalue weighted by Crippen LogP contribution is 2.32. The fourth-order valence-electron chi connectivity index (χ4n) is 1.49. The molecule has 20 heavy (non-hydrogen) atoms. The first-order valence-electron chi connectivity index (χ1n) is 5.69. The number of aromatic amines is 1. The molecular formula is C12H12Cl2N4OS. The molecular weight excluding hydrogens is 319 g/mol. The Labute approximate surface area is 130 Å². The highest BCUT2D eigenvalue weighted by molar-refractivity contribution is 8.00. The highest BCUT2D eigenvalue weighted by Gasteiger charge is 2.18. The summed E-state index contributed by atoms with van der Waals surface area (Å²) in [5.41, 5.74) is 6.49. The standard InChI is InChI=1S/C12H12Cl2N4OS/c1-6(20-12-16-2-3-17-12)11(19)18-10-8(14)4-7(13)5-9(10)15/h2-6H,15H2,1H3,(H,16,17)(H,18,19). The van der Waals surface area contributed by atoms with Crippen molar-refractivity contribution in [1.29, 1.82) is 0 Å². The van der Waals surface area contributed by atoms with Crippen LogP contribution in [-0.4, -0.2) is 21.1 Å². The Bertz CT molecular complexity index is 595. The minimum absolute atomic E-state index is 0.220. The summed E-state index contributed by atoms with van der Waals surface area (Å²) < 4.78 is 0. The number of H-pyrrole nitrogens is 1. The number of aromatic nitrogens is 2. The number of carbonyl (C=O) groups is 1. The van der Waals surface area contributed by atoms with Gasteiger partial charge >= 0.3 is 0 Å². The number of hydrogen-bond donors (Lipinski definition) is 3. The summed E-state index contributed by atoms with van der Waals surface area (Å²) in [5.74, 6) is -0.220. The summed E-state index contributed by atoms with van der Waals surface area (Å²) in [6.07, 6.45) is 3.32. The van der Waals surface area contributed by atoms with Gasteiger partial charge in [0.2, 0.25) is 5.91 Å². The average Bonchev–Trinajstić information content (AvgIpc) is 2.86. The maximum Gasteiger partial charge on any atom is 0.237 e. The summed E-state index contributed by atoms with van der Waals surface area (Å²) >= 11 is 13.1. The topological polar surface area (TPSA) is 83.8 Å². The number of nitrogens with one attached hydrogen (secondary N) is 2. The first kappa shape index (κ1) is 15.0. The molecule has 1 amide bonds. The Kier molecular flexibility index (Phi) is 4.80. The van der Waals surface area contributed by atoms with Crippen LogP contribution in [0.1, 0.15) is 6.92 Å². The van der Waals surface area contributed by atoms with Crippen molar-refractivity contribution >= 4 is 52.2 Å². The van der Waals surface area contributed by atoms with Crippen LogP contribution < -0.4 is 11.1 Å². The molecule has 1 atom stereocenters. The van der Waals surface area contributed by atoms with Gasteiger partial charge in [-0.1, -0.05) is 35.0 Å². The van der Waals surface area contributed by atoms with E-state index in [2.05, 4.69) is 15.3 Å². The fraction of sp³-hybridized carbons (Fsp3) is 0.167. The van der Waals surface area contributed by atoms with Gasteiger partial charge in [-0.2, -0.15) is 0 Å². The molecule has 1 heterocycles. The number of nitrogen functional groups attached to an aromatic ring is 1. The normalized spacial score (nSPS) is 12.2. The third-order valence-corrected chi connectivity index (χ3v) is 3.99. The third kappa shape index (κ3) is 3.59. The van der Waals surface area contributed by atoms with Crippen LogP contribution in [0.2, 0.25) is 10.0 Å². The van der Waals surface area contributed by atoms with E-state index in [1.807, 2.05) is 0 Å². The molecule has 0 spiro atoms. The molecule has 2 rings (SSSR count). The largest absolute Gasteiger partial charge is 0.397 e. The summed E-state index contributed by atoms with van der Waals surface area (Å²) in [7, 11) is 0. The van der Waals surface area contributed by atoms with Crippen LogP contribution in [0.5, 0.6) is 0 Å². The number of carbonyl (C=O) groups excluding carboxylic acids is 1. The minimum atomic E-state index is -0.354. The first-order valence-corrected chi connectivity index (χ1v) is 7.32. The Balaban J connectivity index is 2.08. The van der Waals surface area contributed by atoms with Crippen molar-refractivity contribution in [2.24, 2.45) is 0 Å². The van der Waals surface area contributed by atoms with Gasteiger partial charge in [0.1, 0.15) is 0 Å². The number of nitrogens with zero attached hydrogens (tertiary/aromatic N) is 1. The first-order chi connectivity index (χ1) is 9.47. The maximum absolute atomic E-state index is 12.1. The third-order valence-electron chi connectivity index (χ3n) is 2.46. The molecule has 0 aliphatic heterocycles. The maximum atomic E-state index is 12.1. The number of halogens is 2. The second kappa shape index (κ2) is 6.39. The molecule has 0 aliphatic rings. The lowest BCUT2D eigenvalue weighted by Gasteiger charge is -2.14. The van der Waals surface area contributed by atoms with E-state index in [0.29, 0.717) is 26.6 Å². The molecule has 0 saturated carbocycles. The molecule has 0 saturated heterocycles. The number of rotatable bonds is 4. The van der Waals surface area contributed by atoms with Crippen LogP contribution in [-0.2, 0) is 4.79 Å². The predicted octanol–water partition coefficient (Wildman–Crippen LogP) is 3.42. The van der Waals surface area contributed by atoms with Crippen molar-refractivity contribution < 1.29 is 4.79 Å². The molecule has 1 aromatic carbocycles. The Morgan fingerprint density at radius 2 is 2.25 bits per heavy atom. The molecule has 1 aromatic heterocycles. The quantitative estimate of drug-likeness (QED) is 0.592. The van der Waals surface area contributed by atoms with Gasteiger partial charge in [0.05, 0.1) is 21.6 Å². The Morgan fingerprint density at radius 3 is 2.85 bits per heavy atom. The molecule has 0 aliphatic carbocycles.